The zero-order chi connectivity index (χ0) is 8.97. The van der Waals surface area contributed by atoms with Gasteiger partial charge in [-0.3, -0.25) is 4.79 Å². The van der Waals surface area contributed by atoms with E-state index < -0.39 is 0 Å². The van der Waals surface area contributed by atoms with Crippen molar-refractivity contribution < 1.29 is 4.79 Å². The molecule has 0 atom stereocenters. The molecule has 0 aliphatic rings. The molecule has 0 aromatic carbocycles. The molecule has 0 spiro atoms. The van der Waals surface area contributed by atoms with Crippen LogP contribution in [0.1, 0.15) is 10.5 Å². The van der Waals surface area contributed by atoms with Crippen LogP contribution >= 0.6 is 0 Å². The molecule has 0 saturated heterocycles. The van der Waals surface area contributed by atoms with Gasteiger partial charge in [0.2, 0.25) is 0 Å². The lowest BCUT2D eigenvalue weighted by Crippen LogP contribution is -2.19. The van der Waals surface area contributed by atoms with Crippen LogP contribution in [0.5, 0.6) is 0 Å². The van der Waals surface area contributed by atoms with Crippen molar-refractivity contribution in [2.24, 2.45) is 0 Å². The predicted octanol–water partition coefficient (Wildman–Crippen LogP) is -0.122. The van der Waals surface area contributed by atoms with Gasteiger partial charge in [0.25, 0.3) is 5.91 Å². The summed E-state index contributed by atoms with van der Waals surface area (Å²) >= 11 is 0. The fraction of sp³-hybridized carbons (Fsp3) is 0.286. The summed E-state index contributed by atoms with van der Waals surface area (Å²) in [6.45, 7) is 0. The normalized spacial score (nSPS) is 9.17. The van der Waals surface area contributed by atoms with Gasteiger partial charge in [0.15, 0.2) is 0 Å². The summed E-state index contributed by atoms with van der Waals surface area (Å²) in [5.74, 6) is 0.410. The van der Waals surface area contributed by atoms with Gasteiger partial charge in [-0.1, -0.05) is 0 Å². The second-order valence-electron chi connectivity index (χ2n) is 2.12. The van der Waals surface area contributed by atoms with Crippen molar-refractivity contribution in [1.29, 1.82) is 0 Å². The smallest absolute Gasteiger partial charge is 0.271 e. The Balaban J connectivity index is 2.84. The van der Waals surface area contributed by atoms with Crippen LogP contribution in [-0.4, -0.2) is 30.0 Å². The molecule has 12 heavy (non-hydrogen) atoms. The number of carbonyl (C=O) groups is 1. The van der Waals surface area contributed by atoms with E-state index in [2.05, 4.69) is 20.6 Å². The van der Waals surface area contributed by atoms with Crippen LogP contribution in [0.3, 0.4) is 0 Å². The maximum absolute atomic E-state index is 11.0. The number of carbonyl (C=O) groups excluding carboxylic acids is 1. The van der Waals surface area contributed by atoms with Gasteiger partial charge in [0.05, 0.1) is 12.4 Å². The lowest BCUT2D eigenvalue weighted by molar-refractivity contribution is 0.0958. The molecule has 64 valence electrons. The van der Waals surface area contributed by atoms with Gasteiger partial charge in [0, 0.05) is 14.1 Å². The van der Waals surface area contributed by atoms with Crippen LogP contribution < -0.4 is 10.6 Å². The summed E-state index contributed by atoms with van der Waals surface area (Å²) in [6.07, 6.45) is 2.93. The number of aromatic nitrogens is 2. The minimum atomic E-state index is -0.231. The van der Waals surface area contributed by atoms with Crippen molar-refractivity contribution in [3.63, 3.8) is 0 Å². The van der Waals surface area contributed by atoms with Crippen LogP contribution in [0.2, 0.25) is 0 Å². The highest BCUT2D eigenvalue weighted by Gasteiger charge is 2.03. The molecule has 1 aromatic heterocycles. The van der Waals surface area contributed by atoms with Gasteiger partial charge in [-0.05, 0) is 0 Å². The fourth-order valence-electron chi connectivity index (χ4n) is 0.702. The standard InChI is InChI=1S/C7H10N4O/c1-8-6-4-10-5(3-11-6)7(12)9-2/h3-4H,1-2H3,(H,8,11)(H,9,12). The Bertz CT molecular complexity index is 269. The molecule has 2 N–H and O–H groups in total. The van der Waals surface area contributed by atoms with E-state index in [0.29, 0.717) is 11.5 Å². The van der Waals surface area contributed by atoms with E-state index in [0.717, 1.165) is 0 Å². The summed E-state index contributed by atoms with van der Waals surface area (Å²) in [5, 5.41) is 5.26. The van der Waals surface area contributed by atoms with Crippen LogP contribution in [-0.2, 0) is 0 Å². The van der Waals surface area contributed by atoms with Gasteiger partial charge in [0.1, 0.15) is 11.5 Å². The van der Waals surface area contributed by atoms with Crippen LogP contribution in [0.15, 0.2) is 12.4 Å². The SMILES string of the molecule is CNC(=O)c1cnc(NC)cn1. The second kappa shape index (κ2) is 3.66. The molecule has 5 nitrogen and oxygen atoms in total. The number of rotatable bonds is 2. The number of nitrogens with zero attached hydrogens (tertiary/aromatic N) is 2. The minimum absolute atomic E-state index is 0.231. The maximum Gasteiger partial charge on any atom is 0.271 e. The third kappa shape index (κ3) is 1.69. The Kier molecular flexibility index (Phi) is 2.57. The van der Waals surface area contributed by atoms with Gasteiger partial charge in [-0.25, -0.2) is 9.97 Å². The summed E-state index contributed by atoms with van der Waals surface area (Å²) in [4.78, 5) is 18.8. The molecule has 0 unspecified atom stereocenters. The number of amides is 1. The van der Waals surface area contributed by atoms with Crippen LogP contribution in [0.4, 0.5) is 5.82 Å². The number of hydrogen-bond acceptors (Lipinski definition) is 4. The first-order valence-corrected chi connectivity index (χ1v) is 3.50. The van der Waals surface area contributed by atoms with Crippen molar-refractivity contribution in [3.05, 3.63) is 18.1 Å². The molecule has 0 aliphatic carbocycles. The van der Waals surface area contributed by atoms with Gasteiger partial charge >= 0.3 is 0 Å². The molecule has 1 heterocycles. The second-order valence-corrected chi connectivity index (χ2v) is 2.12. The first kappa shape index (κ1) is 8.45. The van der Waals surface area contributed by atoms with Crippen molar-refractivity contribution in [3.8, 4) is 0 Å². The van der Waals surface area contributed by atoms with Gasteiger partial charge in [-0.2, -0.15) is 0 Å². The third-order valence-corrected chi connectivity index (χ3v) is 1.37. The molecule has 1 rings (SSSR count). The zero-order valence-electron chi connectivity index (χ0n) is 6.96. The summed E-state index contributed by atoms with van der Waals surface area (Å²) in [6, 6.07) is 0. The molecule has 1 amide bonds. The number of anilines is 1. The average molecular weight is 166 g/mol. The van der Waals surface area contributed by atoms with Crippen LogP contribution in [0.25, 0.3) is 0 Å². The molecule has 1 aromatic rings. The Hall–Kier alpha value is -1.65. The summed E-state index contributed by atoms with van der Waals surface area (Å²) in [7, 11) is 3.29. The van der Waals surface area contributed by atoms with E-state index in [9.17, 15) is 4.79 Å². The largest absolute Gasteiger partial charge is 0.372 e. The Morgan fingerprint density at radius 2 is 2.08 bits per heavy atom. The number of nitrogens with one attached hydrogen (secondary N) is 2. The molecule has 0 saturated carbocycles. The van der Waals surface area contributed by atoms with E-state index in [1.54, 1.807) is 14.1 Å². The summed E-state index contributed by atoms with van der Waals surface area (Å²) < 4.78 is 0. The highest BCUT2D eigenvalue weighted by Crippen LogP contribution is 1.98. The van der Waals surface area contributed by atoms with Gasteiger partial charge in [-0.15, -0.1) is 0 Å². The Labute approximate surface area is 70.2 Å². The van der Waals surface area contributed by atoms with Crippen LogP contribution in [0, 0.1) is 0 Å². The monoisotopic (exact) mass is 166 g/mol. The number of hydrogen-bond donors (Lipinski definition) is 2. The van der Waals surface area contributed by atoms with Crippen molar-refractivity contribution >= 4 is 11.7 Å². The first-order valence-electron chi connectivity index (χ1n) is 3.50. The third-order valence-electron chi connectivity index (χ3n) is 1.37. The highest BCUT2D eigenvalue weighted by atomic mass is 16.1. The Morgan fingerprint density at radius 3 is 2.50 bits per heavy atom. The lowest BCUT2D eigenvalue weighted by Gasteiger charge is -1.99. The van der Waals surface area contributed by atoms with Crippen molar-refractivity contribution in [2.45, 2.75) is 0 Å². The topological polar surface area (TPSA) is 66.9 Å². The molecule has 0 bridgehead atoms. The lowest BCUT2D eigenvalue weighted by atomic mass is 10.4. The molecular weight excluding hydrogens is 156 g/mol. The average Bonchev–Trinajstić information content (AvgIpc) is 2.17. The zero-order valence-corrected chi connectivity index (χ0v) is 6.96. The first-order chi connectivity index (χ1) is 5.77. The van der Waals surface area contributed by atoms with E-state index in [1.165, 1.54) is 12.4 Å². The molecule has 5 heteroatoms. The summed E-state index contributed by atoms with van der Waals surface area (Å²) in [5.41, 5.74) is 0.316. The molecule has 0 aliphatic heterocycles. The predicted molar refractivity (Wildman–Crippen MR) is 45.0 cm³/mol. The van der Waals surface area contributed by atoms with E-state index in [1.807, 2.05) is 0 Å². The Morgan fingerprint density at radius 1 is 1.33 bits per heavy atom. The van der Waals surface area contributed by atoms with E-state index >= 15 is 0 Å². The quantitative estimate of drug-likeness (QED) is 0.642. The highest BCUT2D eigenvalue weighted by molar-refractivity contribution is 5.91. The molecule has 0 radical (unpaired) electrons. The fourth-order valence-corrected chi connectivity index (χ4v) is 0.702. The van der Waals surface area contributed by atoms with Gasteiger partial charge < -0.3 is 10.6 Å². The maximum atomic E-state index is 11.0. The molecule has 0 fully saturated rings. The van der Waals surface area contributed by atoms with Crippen molar-refractivity contribution in [1.82, 2.24) is 15.3 Å². The van der Waals surface area contributed by atoms with Crippen molar-refractivity contribution in [2.75, 3.05) is 19.4 Å². The molecular formula is C7H10N4O. The van der Waals surface area contributed by atoms with E-state index in [-0.39, 0.29) is 5.91 Å². The van der Waals surface area contributed by atoms with E-state index in [4.69, 9.17) is 0 Å². The minimum Gasteiger partial charge on any atom is -0.372 e.